The van der Waals surface area contributed by atoms with Crippen LogP contribution in [0.1, 0.15) is 89.5 Å². The molecule has 0 saturated carbocycles. The average molecular weight is 2160 g/mol. The maximum absolute atomic E-state index is 14.4. The molecular weight excluding hydrogens is 2060 g/mol. The predicted octanol–water partition coefficient (Wildman–Crippen LogP) is 14.5. The third kappa shape index (κ3) is 28.9. The number of H-pyrrole nitrogens is 4. The number of aromatic nitrogens is 8. The first-order chi connectivity index (χ1) is 68.1. The van der Waals surface area contributed by atoms with Crippen LogP contribution in [0.2, 0.25) is 0 Å². The Morgan fingerprint density at radius 3 is 0.875 bits per heavy atom. The highest BCUT2D eigenvalue weighted by molar-refractivity contribution is 9.10. The molecule has 4 fully saturated rings. The van der Waals surface area contributed by atoms with Crippen LogP contribution in [0.5, 0.6) is 0 Å². The van der Waals surface area contributed by atoms with Crippen molar-refractivity contribution in [1.82, 2.24) is 63.5 Å². The average Bonchev–Trinajstić information content (AvgIpc) is 0.781. The van der Waals surface area contributed by atoms with Gasteiger partial charge in [0.05, 0.1) is 58.3 Å². The van der Waals surface area contributed by atoms with Gasteiger partial charge in [0, 0.05) is 199 Å². The Balaban J connectivity index is 0.000000171. The molecule has 144 heavy (non-hydrogen) atoms. The van der Waals surface area contributed by atoms with E-state index in [2.05, 4.69) is 97.6 Å². The lowest BCUT2D eigenvalue weighted by Crippen LogP contribution is -2.49. The van der Waals surface area contributed by atoms with Crippen molar-refractivity contribution in [3.8, 4) is 0 Å². The number of aromatic amines is 4. The first-order valence-corrected chi connectivity index (χ1v) is 46.4. The van der Waals surface area contributed by atoms with Crippen LogP contribution >= 0.6 is 31.9 Å². The maximum atomic E-state index is 14.4. The van der Waals surface area contributed by atoms with Gasteiger partial charge in [0.25, 0.3) is 33.6 Å². The summed E-state index contributed by atoms with van der Waals surface area (Å²) in [6, 6.07) is 43.9. The second-order valence-electron chi connectivity index (χ2n) is 33.4. The molecule has 0 spiro atoms. The number of alkyl halides is 13. The number of hydrogen-bond acceptors (Lipinski definition) is 20. The van der Waals surface area contributed by atoms with Gasteiger partial charge in [-0.05, 0) is 114 Å². The van der Waals surface area contributed by atoms with Gasteiger partial charge in [0.1, 0.15) is 44.8 Å². The summed E-state index contributed by atoms with van der Waals surface area (Å²) < 4.78 is 220. The van der Waals surface area contributed by atoms with Crippen molar-refractivity contribution >= 4 is 60.3 Å². The molecule has 30 nitrogen and oxygen atoms in total. The number of nitrogens with one attached hydrogen (secondary N) is 6. The van der Waals surface area contributed by atoms with Gasteiger partial charge in [0.15, 0.2) is 0 Å². The number of halogens is 18. The molecule has 768 valence electrons. The Kier molecular flexibility index (Phi) is 37.7. The van der Waals surface area contributed by atoms with Gasteiger partial charge in [-0.15, -0.1) is 0 Å². The third-order valence-corrected chi connectivity index (χ3v) is 25.5. The Morgan fingerprint density at radius 2 is 0.569 bits per heavy atom. The van der Waals surface area contributed by atoms with Crippen molar-refractivity contribution < 1.29 is 80.1 Å². The van der Waals surface area contributed by atoms with Crippen LogP contribution in [-0.4, -0.2) is 167 Å². The molecule has 16 rings (SSSR count). The largest absolute Gasteiger partial charge is 0.416 e. The number of piperazine rings is 4. The van der Waals surface area contributed by atoms with E-state index >= 15 is 0 Å². The summed E-state index contributed by atoms with van der Waals surface area (Å²) in [5.41, 5.74) is -7.98. The van der Waals surface area contributed by atoms with Crippen LogP contribution in [0.25, 0.3) is 0 Å². The van der Waals surface area contributed by atoms with Crippen LogP contribution in [0, 0.1) is 71.2 Å². The summed E-state index contributed by atoms with van der Waals surface area (Å²) in [6.45, 7) is 16.4. The highest BCUT2D eigenvalue weighted by Gasteiger charge is 2.40. The summed E-state index contributed by atoms with van der Waals surface area (Å²) in [7, 11) is 0. The molecule has 0 radical (unpaired) electrons. The molecule has 0 amide bonds. The molecule has 4 aliphatic heterocycles. The molecule has 4 aromatic heterocycles. The number of non-ortho nitro benzene ring substituents is 2. The molecule has 0 aliphatic carbocycles. The summed E-state index contributed by atoms with van der Waals surface area (Å²) in [4.78, 5) is 139. The van der Waals surface area contributed by atoms with Gasteiger partial charge in [-0.2, -0.15) is 52.7 Å². The first kappa shape index (κ1) is 111. The minimum absolute atomic E-state index is 0.00278. The van der Waals surface area contributed by atoms with Gasteiger partial charge in [-0.1, -0.05) is 125 Å². The molecule has 8 heterocycles. The second-order valence-corrected chi connectivity index (χ2v) is 34.7. The number of nitro benzene ring substituents is 2. The van der Waals surface area contributed by atoms with Gasteiger partial charge < -0.3 is 25.3 Å². The summed E-state index contributed by atoms with van der Waals surface area (Å²) >= 11 is 6.15. The molecule has 6 N–H and O–H groups in total. The molecule has 0 unspecified atom stereocenters. The van der Waals surface area contributed by atoms with Crippen molar-refractivity contribution in [2.24, 2.45) is 0 Å². The van der Waals surface area contributed by atoms with Crippen molar-refractivity contribution in [2.75, 3.05) is 119 Å². The summed E-state index contributed by atoms with van der Waals surface area (Å²) in [5, 5.41) is 28.4. The molecule has 4 saturated heterocycles. The van der Waals surface area contributed by atoms with E-state index in [1.165, 1.54) is 70.1 Å². The van der Waals surface area contributed by atoms with Gasteiger partial charge in [-0.25, -0.2) is 36.7 Å². The van der Waals surface area contributed by atoms with Crippen LogP contribution in [-0.2, 0) is 75.8 Å². The van der Waals surface area contributed by atoms with E-state index in [9.17, 15) is 129 Å². The highest BCUT2D eigenvalue weighted by atomic mass is 79.9. The second kappa shape index (κ2) is 49.1. The number of anilines is 3. The Morgan fingerprint density at radius 1 is 0.312 bits per heavy atom. The van der Waals surface area contributed by atoms with E-state index in [1.807, 2.05) is 51.2 Å². The van der Waals surface area contributed by atoms with E-state index in [-0.39, 0.29) is 55.7 Å². The third-order valence-electron chi connectivity index (χ3n) is 24.0. The standard InChI is InChI=1S/C24H23F4N5O4.C24H24F4N4O2.C17H18F4N4O2.C13H9BrF4N2O2.C11H16N2.C7H6BrNO2/c1-15-21(31-10-8-30(9-11-31)13-16-4-2-5-17(12-16)33(36)37)22(34)29-23(35)32(15)14-18-19(24(26,27)28)6-3-7-20(18)25;1-16-21(31-12-10-30(11-13-31)14-17-6-3-2-4-7-17)22(33)29-23(34)32(16)15-18-19(24(26,27)28)8-5-9-20(18)25;1-10-14(24-7-5-22-6-8-24)15(26)23-16(27)25(10)9-11-12(17(19,20)21)3-2-4-13(11)18;1-6-10(14)11(21)19-12(22)20(6)5-7-8(13(16,17)18)3-2-4-9(7)15;1-2-4-11(5-3-1)10-13-8-6-12-7-9-13;8-5-6-2-1-3-7(4-6)9(10)11/h2-7,12H,8-11,13-14H2,1H3,(H,29,34,35);2-9H,10-15H2,1H3,(H,29,33,34);2-4,22H,5-9H2,1H3,(H,23,26,27);2-4H,5H2,1H3,(H,19,21,22);1-5,12H,6-10H2;1-4H,5H2. The van der Waals surface area contributed by atoms with Crippen molar-refractivity contribution in [3.05, 3.63) is 403 Å². The molecular formula is C96H96Br2F16N18O12. The first-order valence-electron chi connectivity index (χ1n) is 44.4. The minimum atomic E-state index is -4.82. The van der Waals surface area contributed by atoms with E-state index in [1.54, 1.807) is 34.1 Å². The quantitative estimate of drug-likeness (QED) is 0.0179. The molecule has 0 bridgehead atoms. The van der Waals surface area contributed by atoms with E-state index in [4.69, 9.17) is 0 Å². The van der Waals surface area contributed by atoms with E-state index in [0.717, 1.165) is 128 Å². The number of nitro groups is 2. The van der Waals surface area contributed by atoms with Crippen LogP contribution in [0.4, 0.5) is 98.7 Å². The molecule has 0 atom stereocenters. The lowest BCUT2D eigenvalue weighted by Gasteiger charge is -2.36. The summed E-state index contributed by atoms with van der Waals surface area (Å²) in [5.74, 6) is -4.32. The van der Waals surface area contributed by atoms with Crippen LogP contribution in [0.3, 0.4) is 0 Å². The smallest absolute Gasteiger partial charge is 0.363 e. The zero-order valence-corrected chi connectivity index (χ0v) is 80.5. The molecule has 8 aromatic carbocycles. The fourth-order valence-electron chi connectivity index (χ4n) is 16.6. The number of hydrogen-bond donors (Lipinski definition) is 6. The predicted molar refractivity (Wildman–Crippen MR) is 514 cm³/mol. The number of benzene rings is 8. The molecule has 4 aliphatic rings. The monoisotopic (exact) mass is 2150 g/mol. The number of nitrogens with zero attached hydrogens (tertiary/aromatic N) is 12. The van der Waals surface area contributed by atoms with Crippen LogP contribution < -0.4 is 70.3 Å². The maximum Gasteiger partial charge on any atom is 0.416 e. The fraction of sp³-hybridized carbons (Fsp3) is 0.333. The zero-order chi connectivity index (χ0) is 105. The Labute approximate surface area is 825 Å². The topological polar surface area (TPSA) is 349 Å². The van der Waals surface area contributed by atoms with Crippen molar-refractivity contribution in [1.29, 1.82) is 0 Å². The van der Waals surface area contributed by atoms with Crippen molar-refractivity contribution in [2.45, 2.75) is 104 Å². The number of rotatable bonds is 20. The SMILES string of the molecule is Cc1c(Br)c(=O)[nH]c(=O)n1Cc1c(F)cccc1C(F)(F)F.Cc1c(N2CCN(Cc3cccc([N+](=O)[O-])c3)CC2)c(=O)[nH]c(=O)n1Cc1c(F)cccc1C(F)(F)F.Cc1c(N2CCN(Cc3ccccc3)CC2)c(=O)[nH]c(=O)n1Cc1c(F)cccc1C(F)(F)F.Cc1c(N2CCNCC2)c(=O)[nH]c(=O)n1Cc1c(F)cccc1C(F)(F)F.O=[N+]([O-])c1cccc(CBr)c1.c1ccc(CN2CCNCC2)cc1. The molecule has 12 aromatic rings. The molecule has 48 heteroatoms. The van der Waals surface area contributed by atoms with E-state index in [0.29, 0.717) is 90.4 Å². The zero-order valence-electron chi connectivity index (χ0n) is 77.4. The minimum Gasteiger partial charge on any atom is -0.363 e. The lowest BCUT2D eigenvalue weighted by molar-refractivity contribution is -0.385. The normalized spacial score (nSPS) is 14.4. The fourth-order valence-corrected chi connectivity index (χ4v) is 17.3. The lowest BCUT2D eigenvalue weighted by atomic mass is 10.1. The Hall–Kier alpha value is -13.7. The Bertz CT molecular complexity index is 7050. The highest BCUT2D eigenvalue weighted by Crippen LogP contribution is 2.39. The van der Waals surface area contributed by atoms with Gasteiger partial charge >= 0.3 is 47.5 Å². The summed E-state index contributed by atoms with van der Waals surface area (Å²) in [6.07, 6.45) is -19.1. The van der Waals surface area contributed by atoms with Gasteiger partial charge in [-0.3, -0.25) is 92.3 Å². The van der Waals surface area contributed by atoms with E-state index < -0.39 is 174 Å². The van der Waals surface area contributed by atoms with Crippen LogP contribution in [0.15, 0.2) is 225 Å². The van der Waals surface area contributed by atoms with Gasteiger partial charge in [0.2, 0.25) is 0 Å². The van der Waals surface area contributed by atoms with Crippen molar-refractivity contribution in [3.63, 3.8) is 0 Å².